The smallest absolute Gasteiger partial charge is 0.255 e. The molecule has 0 saturated heterocycles. The first-order valence-corrected chi connectivity index (χ1v) is 7.53. The summed E-state index contributed by atoms with van der Waals surface area (Å²) in [5, 5.41) is 13.6. The molecule has 5 nitrogen and oxygen atoms in total. The maximum Gasteiger partial charge on any atom is 0.255 e. The molecule has 24 heavy (non-hydrogen) atoms. The molecule has 2 aromatic rings. The van der Waals surface area contributed by atoms with Crippen LogP contribution >= 0.6 is 0 Å². The highest BCUT2D eigenvalue weighted by atomic mass is 16.5. The molecular formula is C19H18NO4-. The second kappa shape index (κ2) is 7.97. The van der Waals surface area contributed by atoms with E-state index in [1.807, 2.05) is 13.8 Å². The van der Waals surface area contributed by atoms with Gasteiger partial charge in [-0.25, -0.2) is 0 Å². The molecule has 0 aliphatic heterocycles. The summed E-state index contributed by atoms with van der Waals surface area (Å²) in [4.78, 5) is 23.4. The lowest BCUT2D eigenvalue weighted by atomic mass is 10.1. The number of rotatable bonds is 6. The molecule has 2 rings (SSSR count). The molecule has 0 aliphatic carbocycles. The van der Waals surface area contributed by atoms with Crippen molar-refractivity contribution in [1.82, 2.24) is 5.32 Å². The molecule has 5 heteroatoms. The van der Waals surface area contributed by atoms with Crippen molar-refractivity contribution in [3.05, 3.63) is 70.9 Å². The SMILES string of the molecule is CCOc1ccc(/C=C(\NC(=O)c2ccc(C)cc2)C(=O)[O-])cc1. The first-order chi connectivity index (χ1) is 11.5. The van der Waals surface area contributed by atoms with Crippen molar-refractivity contribution in [3.63, 3.8) is 0 Å². The van der Waals surface area contributed by atoms with Crippen LogP contribution < -0.4 is 15.2 Å². The van der Waals surface area contributed by atoms with E-state index in [9.17, 15) is 14.7 Å². The Bertz CT molecular complexity index is 746. The van der Waals surface area contributed by atoms with Crippen molar-refractivity contribution in [2.75, 3.05) is 6.61 Å². The van der Waals surface area contributed by atoms with E-state index in [1.54, 1.807) is 48.5 Å². The van der Waals surface area contributed by atoms with Crippen LogP contribution in [-0.4, -0.2) is 18.5 Å². The number of ether oxygens (including phenoxy) is 1. The molecule has 1 N–H and O–H groups in total. The second-order valence-electron chi connectivity index (χ2n) is 5.17. The molecule has 0 unspecified atom stereocenters. The van der Waals surface area contributed by atoms with E-state index in [-0.39, 0.29) is 5.70 Å². The molecule has 0 atom stereocenters. The van der Waals surface area contributed by atoms with Gasteiger partial charge in [0.2, 0.25) is 0 Å². The zero-order chi connectivity index (χ0) is 17.5. The summed E-state index contributed by atoms with van der Waals surface area (Å²) in [6.07, 6.45) is 1.34. The minimum absolute atomic E-state index is 0.301. The molecule has 0 heterocycles. The first kappa shape index (κ1) is 17.3. The van der Waals surface area contributed by atoms with E-state index in [4.69, 9.17) is 4.74 Å². The molecule has 0 spiro atoms. The molecule has 124 valence electrons. The summed E-state index contributed by atoms with van der Waals surface area (Å²) < 4.78 is 5.33. The van der Waals surface area contributed by atoms with Crippen LogP contribution in [0.25, 0.3) is 6.08 Å². The summed E-state index contributed by atoms with van der Waals surface area (Å²) in [5.74, 6) is -1.27. The highest BCUT2D eigenvalue weighted by Crippen LogP contribution is 2.14. The second-order valence-corrected chi connectivity index (χ2v) is 5.17. The number of aryl methyl sites for hydroxylation is 1. The van der Waals surface area contributed by atoms with Crippen LogP contribution in [0.2, 0.25) is 0 Å². The molecule has 2 aromatic carbocycles. The van der Waals surface area contributed by atoms with Gasteiger partial charge in [-0.3, -0.25) is 4.79 Å². The van der Waals surface area contributed by atoms with Gasteiger partial charge in [0.1, 0.15) is 5.75 Å². The highest BCUT2D eigenvalue weighted by Gasteiger charge is 2.08. The Labute approximate surface area is 140 Å². The summed E-state index contributed by atoms with van der Waals surface area (Å²) in [6, 6.07) is 13.7. The number of aliphatic carboxylic acids is 1. The number of carbonyl (C=O) groups excluding carboxylic acids is 2. The number of carboxylic acid groups (broad SMARTS) is 1. The minimum Gasteiger partial charge on any atom is -0.543 e. The number of carbonyl (C=O) groups is 2. The lowest BCUT2D eigenvalue weighted by molar-refractivity contribution is -0.299. The summed E-state index contributed by atoms with van der Waals surface area (Å²) >= 11 is 0. The van der Waals surface area contributed by atoms with Gasteiger partial charge in [-0.2, -0.15) is 0 Å². The van der Waals surface area contributed by atoms with Crippen molar-refractivity contribution < 1.29 is 19.4 Å². The van der Waals surface area contributed by atoms with Gasteiger partial charge in [0, 0.05) is 5.56 Å². The zero-order valence-corrected chi connectivity index (χ0v) is 13.5. The fourth-order valence-corrected chi connectivity index (χ4v) is 2.04. The van der Waals surface area contributed by atoms with E-state index >= 15 is 0 Å². The van der Waals surface area contributed by atoms with Crippen LogP contribution in [0.3, 0.4) is 0 Å². The monoisotopic (exact) mass is 324 g/mol. The summed E-state index contributed by atoms with van der Waals surface area (Å²) in [5.41, 5.74) is 1.70. The molecule has 0 aromatic heterocycles. The Hall–Kier alpha value is -3.08. The highest BCUT2D eigenvalue weighted by molar-refractivity contribution is 6.02. The topological polar surface area (TPSA) is 78.5 Å². The van der Waals surface area contributed by atoms with Crippen molar-refractivity contribution >= 4 is 18.0 Å². The third kappa shape index (κ3) is 4.71. The van der Waals surface area contributed by atoms with Gasteiger partial charge in [-0.05, 0) is 49.8 Å². The lowest BCUT2D eigenvalue weighted by Gasteiger charge is -2.11. The summed E-state index contributed by atoms with van der Waals surface area (Å²) in [7, 11) is 0. The van der Waals surface area contributed by atoms with Crippen LogP contribution in [0.15, 0.2) is 54.2 Å². The van der Waals surface area contributed by atoms with Crippen molar-refractivity contribution in [2.24, 2.45) is 0 Å². The average Bonchev–Trinajstić information content (AvgIpc) is 2.56. The fraction of sp³-hybridized carbons (Fsp3) is 0.158. The predicted octanol–water partition coefficient (Wildman–Crippen LogP) is 1.91. The minimum atomic E-state index is -1.45. The molecule has 0 fully saturated rings. The molecule has 0 aliphatic rings. The van der Waals surface area contributed by atoms with Crippen LogP contribution in [0.4, 0.5) is 0 Å². The van der Waals surface area contributed by atoms with Crippen LogP contribution in [0, 0.1) is 6.92 Å². The largest absolute Gasteiger partial charge is 0.543 e. The maximum absolute atomic E-state index is 12.1. The number of hydrogen-bond donors (Lipinski definition) is 1. The van der Waals surface area contributed by atoms with Gasteiger partial charge in [-0.15, -0.1) is 0 Å². The Morgan fingerprint density at radius 3 is 2.25 bits per heavy atom. The van der Waals surface area contributed by atoms with Gasteiger partial charge in [-0.1, -0.05) is 29.8 Å². The van der Waals surface area contributed by atoms with Crippen molar-refractivity contribution in [1.29, 1.82) is 0 Å². The Kier molecular flexibility index (Phi) is 5.73. The number of benzene rings is 2. The quantitative estimate of drug-likeness (QED) is 0.823. The first-order valence-electron chi connectivity index (χ1n) is 7.53. The van der Waals surface area contributed by atoms with E-state index in [2.05, 4.69) is 5.32 Å². The van der Waals surface area contributed by atoms with Gasteiger partial charge < -0.3 is 20.0 Å². The number of nitrogens with one attached hydrogen (secondary N) is 1. The van der Waals surface area contributed by atoms with Gasteiger partial charge in [0.05, 0.1) is 18.3 Å². The van der Waals surface area contributed by atoms with E-state index < -0.39 is 11.9 Å². The predicted molar refractivity (Wildman–Crippen MR) is 89.2 cm³/mol. The van der Waals surface area contributed by atoms with Gasteiger partial charge >= 0.3 is 0 Å². The number of carboxylic acids is 1. The standard InChI is InChI=1S/C19H19NO4/c1-3-24-16-10-6-14(7-11-16)12-17(19(22)23)20-18(21)15-8-4-13(2)5-9-15/h4-12H,3H2,1-2H3,(H,20,21)(H,22,23)/p-1/b17-12-. The van der Waals surface area contributed by atoms with Crippen LogP contribution in [0.1, 0.15) is 28.4 Å². The molecule has 1 amide bonds. The third-order valence-electron chi connectivity index (χ3n) is 3.28. The van der Waals surface area contributed by atoms with Crippen LogP contribution in [-0.2, 0) is 4.79 Å². The summed E-state index contributed by atoms with van der Waals surface area (Å²) in [6.45, 7) is 4.33. The molecule has 0 saturated carbocycles. The average molecular weight is 324 g/mol. The zero-order valence-electron chi connectivity index (χ0n) is 13.5. The number of hydrogen-bond acceptors (Lipinski definition) is 4. The Morgan fingerprint density at radius 1 is 1.08 bits per heavy atom. The fourth-order valence-electron chi connectivity index (χ4n) is 2.04. The van der Waals surface area contributed by atoms with Crippen molar-refractivity contribution in [3.8, 4) is 5.75 Å². The normalized spacial score (nSPS) is 11.0. The number of amides is 1. The Balaban J connectivity index is 2.17. The maximum atomic E-state index is 12.1. The lowest BCUT2D eigenvalue weighted by Crippen LogP contribution is -2.35. The van der Waals surface area contributed by atoms with Crippen LogP contribution in [0.5, 0.6) is 5.75 Å². The third-order valence-corrected chi connectivity index (χ3v) is 3.28. The Morgan fingerprint density at radius 2 is 1.71 bits per heavy atom. The van der Waals surface area contributed by atoms with E-state index in [1.165, 1.54) is 6.08 Å². The van der Waals surface area contributed by atoms with E-state index in [0.717, 1.165) is 5.56 Å². The molecular weight excluding hydrogens is 306 g/mol. The van der Waals surface area contributed by atoms with E-state index in [0.29, 0.717) is 23.5 Å². The van der Waals surface area contributed by atoms with Crippen molar-refractivity contribution in [2.45, 2.75) is 13.8 Å². The van der Waals surface area contributed by atoms with Gasteiger partial charge in [0.25, 0.3) is 5.91 Å². The van der Waals surface area contributed by atoms with Gasteiger partial charge in [0.15, 0.2) is 0 Å². The molecule has 0 bridgehead atoms. The molecule has 0 radical (unpaired) electrons.